The maximum Gasteiger partial charge on any atom is 0.165 e. The fourth-order valence-corrected chi connectivity index (χ4v) is 6.76. The van der Waals surface area contributed by atoms with Crippen molar-refractivity contribution in [3.05, 3.63) is 11.1 Å². The first-order chi connectivity index (χ1) is 7.68. The molecule has 0 N–H and O–H groups in total. The molecule has 0 spiro atoms. The Balaban J connectivity index is 2.21. The second-order valence-electron chi connectivity index (χ2n) is 4.87. The van der Waals surface area contributed by atoms with Crippen LogP contribution < -0.4 is 0 Å². The highest BCUT2D eigenvalue weighted by Gasteiger charge is 2.82. The Morgan fingerprint density at radius 3 is 2.29 bits per heavy atom. The van der Waals surface area contributed by atoms with Crippen LogP contribution >= 0.6 is 81.2 Å². The van der Waals surface area contributed by atoms with E-state index in [1.54, 1.807) is 6.08 Å². The molecule has 3 rings (SSSR count). The lowest BCUT2D eigenvalue weighted by Gasteiger charge is -2.35. The van der Waals surface area contributed by atoms with Crippen molar-refractivity contribution in [1.82, 2.24) is 0 Å². The minimum atomic E-state index is -1.36. The van der Waals surface area contributed by atoms with Gasteiger partial charge in [0.2, 0.25) is 0 Å². The number of rotatable bonds is 0. The van der Waals surface area contributed by atoms with Crippen molar-refractivity contribution < 1.29 is 0 Å². The van der Waals surface area contributed by atoms with E-state index < -0.39 is 14.1 Å². The molecule has 96 valence electrons. The summed E-state index contributed by atoms with van der Waals surface area (Å²) >= 11 is 44.6. The number of alkyl halides is 6. The zero-order chi connectivity index (χ0) is 12.8. The van der Waals surface area contributed by atoms with Crippen LogP contribution in [0.2, 0.25) is 0 Å². The normalized spacial score (nSPS) is 59.4. The van der Waals surface area contributed by atoms with Crippen LogP contribution in [0.25, 0.3) is 0 Å². The monoisotopic (exact) mass is 372 g/mol. The topological polar surface area (TPSA) is 0 Å². The summed E-state index contributed by atoms with van der Waals surface area (Å²) in [6, 6.07) is 0. The zero-order valence-electron chi connectivity index (χ0n) is 8.24. The molecule has 0 radical (unpaired) electrons. The molecule has 3 aliphatic carbocycles. The maximum atomic E-state index is 6.60. The van der Waals surface area contributed by atoms with Gasteiger partial charge in [-0.25, -0.2) is 0 Å². The van der Waals surface area contributed by atoms with Gasteiger partial charge in [-0.05, 0) is 18.4 Å². The third-order valence-electron chi connectivity index (χ3n) is 4.22. The van der Waals surface area contributed by atoms with E-state index in [2.05, 4.69) is 0 Å². The highest BCUT2D eigenvalue weighted by molar-refractivity contribution is 6.62. The Morgan fingerprint density at radius 1 is 1.12 bits per heavy atom. The number of hydrogen-bond acceptors (Lipinski definition) is 0. The van der Waals surface area contributed by atoms with E-state index >= 15 is 0 Å². The number of allylic oxidation sites excluding steroid dienone is 2. The van der Waals surface area contributed by atoms with Crippen molar-refractivity contribution in [2.45, 2.75) is 31.3 Å². The summed E-state index contributed by atoms with van der Waals surface area (Å²) in [5.41, 5.74) is 0. The molecule has 0 aromatic heterocycles. The minimum absolute atomic E-state index is 0.0517. The van der Waals surface area contributed by atoms with E-state index in [0.29, 0.717) is 11.5 Å². The molecule has 0 heterocycles. The summed E-state index contributed by atoms with van der Waals surface area (Å²) in [4.78, 5) is -2.13. The van der Waals surface area contributed by atoms with Gasteiger partial charge < -0.3 is 0 Å². The summed E-state index contributed by atoms with van der Waals surface area (Å²) < 4.78 is -1.36. The van der Waals surface area contributed by atoms with E-state index in [1.807, 2.05) is 0 Å². The van der Waals surface area contributed by atoms with E-state index in [0.717, 1.165) is 0 Å². The van der Waals surface area contributed by atoms with Gasteiger partial charge in [-0.2, -0.15) is 0 Å². The van der Waals surface area contributed by atoms with Crippen LogP contribution in [-0.4, -0.2) is 24.8 Å². The van der Waals surface area contributed by atoms with Crippen LogP contribution in [0.5, 0.6) is 0 Å². The standard InChI is InChI=1S/C10H7Cl7/c11-4-1-3-6(7(4)13)9(15)5(12)2-8(3,14)10(9,16)17/h2-4,6-7H,1H2/t3-,4-,6-,7-,8+,9-/m1/s1. The molecule has 0 saturated heterocycles. The van der Waals surface area contributed by atoms with Gasteiger partial charge in [0.15, 0.2) is 4.33 Å². The third-order valence-corrected chi connectivity index (χ3v) is 8.90. The minimum Gasteiger partial charge on any atom is -0.121 e. The van der Waals surface area contributed by atoms with Crippen LogP contribution in [-0.2, 0) is 0 Å². The fourth-order valence-electron chi connectivity index (χ4n) is 3.41. The molecule has 2 saturated carbocycles. The van der Waals surface area contributed by atoms with E-state index in [4.69, 9.17) is 81.2 Å². The maximum absolute atomic E-state index is 6.60. The largest absolute Gasteiger partial charge is 0.165 e. The Hall–Kier alpha value is 1.77. The van der Waals surface area contributed by atoms with Gasteiger partial charge >= 0.3 is 0 Å². The summed E-state index contributed by atoms with van der Waals surface area (Å²) in [6.07, 6.45) is 2.29. The predicted molar refractivity (Wildman–Crippen MR) is 76.4 cm³/mol. The summed E-state index contributed by atoms with van der Waals surface area (Å²) in [5.74, 6) is -0.262. The Labute approximate surface area is 134 Å². The van der Waals surface area contributed by atoms with Crippen molar-refractivity contribution in [2.24, 2.45) is 11.8 Å². The molecule has 0 aromatic rings. The van der Waals surface area contributed by atoms with Crippen LogP contribution in [0.4, 0.5) is 0 Å². The molecule has 0 unspecified atom stereocenters. The van der Waals surface area contributed by atoms with Crippen molar-refractivity contribution in [3.63, 3.8) is 0 Å². The summed E-state index contributed by atoms with van der Waals surface area (Å²) in [7, 11) is 0. The van der Waals surface area contributed by atoms with Crippen LogP contribution in [0, 0.1) is 11.8 Å². The molecule has 2 bridgehead atoms. The number of halogens is 7. The molecule has 3 aliphatic rings. The van der Waals surface area contributed by atoms with Crippen LogP contribution in [0.3, 0.4) is 0 Å². The van der Waals surface area contributed by atoms with Crippen molar-refractivity contribution >= 4 is 81.2 Å². The molecule has 0 aliphatic heterocycles. The van der Waals surface area contributed by atoms with Gasteiger partial charge in [-0.15, -0.1) is 46.4 Å². The van der Waals surface area contributed by atoms with E-state index in [-0.39, 0.29) is 22.6 Å². The first-order valence-electron chi connectivity index (χ1n) is 5.10. The lowest BCUT2D eigenvalue weighted by atomic mass is 9.85. The van der Waals surface area contributed by atoms with Crippen molar-refractivity contribution in [1.29, 1.82) is 0 Å². The van der Waals surface area contributed by atoms with Crippen molar-refractivity contribution in [2.75, 3.05) is 0 Å². The zero-order valence-corrected chi connectivity index (χ0v) is 13.5. The smallest absolute Gasteiger partial charge is 0.121 e. The number of hydrogen-bond donors (Lipinski definition) is 0. The Morgan fingerprint density at radius 2 is 1.71 bits per heavy atom. The molecule has 0 aromatic carbocycles. The van der Waals surface area contributed by atoms with E-state index in [1.165, 1.54) is 0 Å². The molecule has 0 nitrogen and oxygen atoms in total. The van der Waals surface area contributed by atoms with Crippen LogP contribution in [0.1, 0.15) is 6.42 Å². The average Bonchev–Trinajstić information content (AvgIpc) is 2.63. The third kappa shape index (κ3) is 1.28. The molecular weight excluding hydrogens is 368 g/mol. The molecule has 7 heteroatoms. The molecular formula is C10H7Cl7. The van der Waals surface area contributed by atoms with E-state index in [9.17, 15) is 0 Å². The average molecular weight is 375 g/mol. The molecule has 0 amide bonds. The SMILES string of the molecule is ClC1=C[C@]2(Cl)[C@@H]3C[C@@H](Cl)[C@@H](Cl)[C@@H]3[C@@]1(Cl)C2(Cl)Cl. The lowest BCUT2D eigenvalue weighted by molar-refractivity contribution is 0.389. The van der Waals surface area contributed by atoms with Crippen molar-refractivity contribution in [3.8, 4) is 0 Å². The predicted octanol–water partition coefficient (Wildman–Crippen LogP) is 5.12. The van der Waals surface area contributed by atoms with Gasteiger partial charge in [0.05, 0.1) is 10.8 Å². The van der Waals surface area contributed by atoms with Gasteiger partial charge in [-0.3, -0.25) is 0 Å². The summed E-state index contributed by atoms with van der Waals surface area (Å²) in [5, 5.41) is -0.153. The molecule has 17 heavy (non-hydrogen) atoms. The highest BCUT2D eigenvalue weighted by Crippen LogP contribution is 2.76. The van der Waals surface area contributed by atoms with Gasteiger partial charge in [0.1, 0.15) is 9.75 Å². The molecule has 2 fully saturated rings. The second kappa shape index (κ2) is 3.70. The highest BCUT2D eigenvalue weighted by atomic mass is 35.5. The number of fused-ring (bicyclic) bond motifs is 5. The quantitative estimate of drug-likeness (QED) is 0.516. The Bertz CT molecular complexity index is 419. The second-order valence-corrected chi connectivity index (χ2v) is 8.90. The summed E-state index contributed by atoms with van der Waals surface area (Å²) in [6.45, 7) is 0. The lowest BCUT2D eigenvalue weighted by Crippen LogP contribution is -2.46. The Kier molecular flexibility index (Phi) is 2.99. The fraction of sp³-hybridized carbons (Fsp3) is 0.800. The van der Waals surface area contributed by atoms with Gasteiger partial charge in [0.25, 0.3) is 0 Å². The van der Waals surface area contributed by atoms with Crippen LogP contribution in [0.15, 0.2) is 11.1 Å². The first-order valence-corrected chi connectivity index (χ1v) is 7.87. The first kappa shape index (κ1) is 13.7. The van der Waals surface area contributed by atoms with Gasteiger partial charge in [0, 0.05) is 11.0 Å². The molecule has 6 atom stereocenters. The van der Waals surface area contributed by atoms with Gasteiger partial charge in [-0.1, -0.05) is 34.8 Å².